The molecule has 1 aliphatic heterocycles. The van der Waals surface area contributed by atoms with Crippen molar-refractivity contribution in [2.45, 2.75) is 39.5 Å². The van der Waals surface area contributed by atoms with Crippen LogP contribution in [-0.2, 0) is 0 Å². The van der Waals surface area contributed by atoms with Gasteiger partial charge in [0, 0.05) is 39.4 Å². The van der Waals surface area contributed by atoms with Crippen molar-refractivity contribution in [2.75, 3.05) is 39.4 Å². The van der Waals surface area contributed by atoms with E-state index in [4.69, 9.17) is 10.2 Å². The minimum atomic E-state index is 0.250. The Hall–Kier alpha value is -0.160. The van der Waals surface area contributed by atoms with E-state index >= 15 is 0 Å². The number of aliphatic hydroxyl groups is 2. The van der Waals surface area contributed by atoms with Crippen LogP contribution in [-0.4, -0.2) is 49.6 Å². The van der Waals surface area contributed by atoms with Crippen LogP contribution in [0.2, 0.25) is 0 Å². The van der Waals surface area contributed by atoms with Gasteiger partial charge < -0.3 is 20.8 Å². The van der Waals surface area contributed by atoms with Crippen LogP contribution in [0.15, 0.2) is 0 Å². The zero-order valence-electron chi connectivity index (χ0n) is 11.0. The molecule has 1 aliphatic rings. The van der Waals surface area contributed by atoms with Crippen molar-refractivity contribution in [3.05, 3.63) is 0 Å². The lowest BCUT2D eigenvalue weighted by molar-refractivity contribution is 0.283. The lowest BCUT2D eigenvalue weighted by Crippen LogP contribution is -2.39. The standard InChI is InChI=1S/C6H14O.C4H10N2.C2H6O/c1-2-3-4-5-6-7;1-2-6-4-3-5-1;1-2-3/h7H,2-6H2,1H3;5-6H,1-4H2;3H,2H2,1H3. The van der Waals surface area contributed by atoms with Crippen molar-refractivity contribution in [2.24, 2.45) is 0 Å². The molecule has 4 heteroatoms. The van der Waals surface area contributed by atoms with Gasteiger partial charge in [0.15, 0.2) is 0 Å². The van der Waals surface area contributed by atoms with Crippen molar-refractivity contribution in [3.63, 3.8) is 0 Å². The van der Waals surface area contributed by atoms with Gasteiger partial charge in [-0.1, -0.05) is 26.2 Å². The molecule has 4 nitrogen and oxygen atoms in total. The lowest BCUT2D eigenvalue weighted by atomic mass is 10.2. The van der Waals surface area contributed by atoms with Crippen LogP contribution in [0.3, 0.4) is 0 Å². The van der Waals surface area contributed by atoms with Crippen LogP contribution in [0, 0.1) is 0 Å². The molecule has 0 radical (unpaired) electrons. The van der Waals surface area contributed by atoms with Crippen molar-refractivity contribution in [3.8, 4) is 0 Å². The number of hydrogen-bond donors (Lipinski definition) is 4. The van der Waals surface area contributed by atoms with Crippen LogP contribution in [0.5, 0.6) is 0 Å². The van der Waals surface area contributed by atoms with Gasteiger partial charge in [0.05, 0.1) is 0 Å². The predicted octanol–water partition coefficient (Wildman–Crippen LogP) is 0.737. The Morgan fingerprint density at radius 3 is 1.50 bits per heavy atom. The third-order valence-corrected chi connectivity index (χ3v) is 1.97. The second-order valence-electron chi connectivity index (χ2n) is 3.60. The molecule has 0 aromatic rings. The fourth-order valence-corrected chi connectivity index (χ4v) is 1.14. The first-order chi connectivity index (χ1) is 7.83. The second kappa shape index (κ2) is 20.3. The number of nitrogens with one attached hydrogen (secondary N) is 2. The summed E-state index contributed by atoms with van der Waals surface area (Å²) in [5.41, 5.74) is 0. The largest absolute Gasteiger partial charge is 0.397 e. The van der Waals surface area contributed by atoms with Gasteiger partial charge in [-0.15, -0.1) is 0 Å². The number of hydrogen-bond acceptors (Lipinski definition) is 4. The number of rotatable bonds is 4. The average molecular weight is 234 g/mol. The summed E-state index contributed by atoms with van der Waals surface area (Å²) in [6.07, 6.45) is 4.68. The van der Waals surface area contributed by atoms with Crippen LogP contribution in [0.1, 0.15) is 39.5 Å². The van der Waals surface area contributed by atoms with Gasteiger partial charge >= 0.3 is 0 Å². The third kappa shape index (κ3) is 23.6. The quantitative estimate of drug-likeness (QED) is 0.542. The van der Waals surface area contributed by atoms with E-state index in [1.807, 2.05) is 0 Å². The molecule has 1 rings (SSSR count). The Balaban J connectivity index is 0. The van der Waals surface area contributed by atoms with Crippen molar-refractivity contribution in [1.82, 2.24) is 10.6 Å². The van der Waals surface area contributed by atoms with Crippen molar-refractivity contribution < 1.29 is 10.2 Å². The third-order valence-electron chi connectivity index (χ3n) is 1.97. The summed E-state index contributed by atoms with van der Waals surface area (Å²) in [4.78, 5) is 0. The van der Waals surface area contributed by atoms with Gasteiger partial charge in [0.1, 0.15) is 0 Å². The first kappa shape index (κ1) is 18.2. The molecule has 0 aromatic carbocycles. The molecular formula is C12H30N2O2. The molecule has 0 spiro atoms. The summed E-state index contributed by atoms with van der Waals surface area (Å²) in [7, 11) is 0. The first-order valence-electron chi connectivity index (χ1n) is 6.46. The molecule has 1 saturated heterocycles. The molecule has 0 aromatic heterocycles. The highest BCUT2D eigenvalue weighted by Crippen LogP contribution is 1.96. The van der Waals surface area contributed by atoms with Gasteiger partial charge in [-0.2, -0.15) is 0 Å². The van der Waals surface area contributed by atoms with E-state index in [1.54, 1.807) is 6.92 Å². The maximum atomic E-state index is 8.29. The maximum Gasteiger partial charge on any atom is 0.0431 e. The lowest BCUT2D eigenvalue weighted by Gasteiger charge is -2.11. The van der Waals surface area contributed by atoms with Crippen molar-refractivity contribution in [1.29, 1.82) is 0 Å². The molecule has 100 valence electrons. The average Bonchev–Trinajstić information content (AvgIpc) is 2.34. The van der Waals surface area contributed by atoms with E-state index in [-0.39, 0.29) is 6.61 Å². The molecule has 4 N–H and O–H groups in total. The maximum absolute atomic E-state index is 8.29. The van der Waals surface area contributed by atoms with Gasteiger partial charge in [-0.3, -0.25) is 0 Å². The summed E-state index contributed by atoms with van der Waals surface area (Å²) < 4.78 is 0. The van der Waals surface area contributed by atoms with E-state index in [1.165, 1.54) is 19.3 Å². The van der Waals surface area contributed by atoms with E-state index in [0.29, 0.717) is 6.61 Å². The zero-order chi connectivity index (χ0) is 12.5. The molecule has 0 bridgehead atoms. The van der Waals surface area contributed by atoms with Gasteiger partial charge in [-0.25, -0.2) is 0 Å². The number of unbranched alkanes of at least 4 members (excludes halogenated alkanes) is 3. The fourth-order valence-electron chi connectivity index (χ4n) is 1.14. The van der Waals surface area contributed by atoms with Gasteiger partial charge in [-0.05, 0) is 13.3 Å². The molecule has 1 heterocycles. The van der Waals surface area contributed by atoms with Gasteiger partial charge in [0.2, 0.25) is 0 Å². The van der Waals surface area contributed by atoms with Crippen LogP contribution in [0.4, 0.5) is 0 Å². The molecule has 0 unspecified atom stereocenters. The Morgan fingerprint density at radius 1 is 0.812 bits per heavy atom. The highest BCUT2D eigenvalue weighted by molar-refractivity contribution is 4.59. The minimum Gasteiger partial charge on any atom is -0.397 e. The molecule has 0 amide bonds. The number of piperazine rings is 1. The van der Waals surface area contributed by atoms with E-state index in [2.05, 4.69) is 17.6 Å². The predicted molar refractivity (Wildman–Crippen MR) is 69.7 cm³/mol. The summed E-state index contributed by atoms with van der Waals surface area (Å²) >= 11 is 0. The summed E-state index contributed by atoms with van der Waals surface area (Å²) in [6, 6.07) is 0. The van der Waals surface area contributed by atoms with Crippen molar-refractivity contribution >= 4 is 0 Å². The zero-order valence-corrected chi connectivity index (χ0v) is 11.0. The molecule has 16 heavy (non-hydrogen) atoms. The SMILES string of the molecule is C1CNCCN1.CCCCCCO.CCO. The highest BCUT2D eigenvalue weighted by Gasteiger charge is 1.91. The topological polar surface area (TPSA) is 64.5 Å². The summed E-state index contributed by atoms with van der Waals surface area (Å²) in [5, 5.41) is 22.3. The molecule has 0 atom stereocenters. The highest BCUT2D eigenvalue weighted by atomic mass is 16.3. The monoisotopic (exact) mass is 234 g/mol. The smallest absolute Gasteiger partial charge is 0.0431 e. The van der Waals surface area contributed by atoms with Crippen LogP contribution < -0.4 is 10.6 Å². The Bertz CT molecular complexity index is 83.5. The van der Waals surface area contributed by atoms with Crippen LogP contribution in [0.25, 0.3) is 0 Å². The van der Waals surface area contributed by atoms with E-state index in [9.17, 15) is 0 Å². The molecule has 1 fully saturated rings. The Kier molecular flexibility index (Phi) is 23.1. The second-order valence-corrected chi connectivity index (χ2v) is 3.60. The number of aliphatic hydroxyl groups excluding tert-OH is 2. The van der Waals surface area contributed by atoms with E-state index in [0.717, 1.165) is 32.6 Å². The minimum absolute atomic E-state index is 0.250. The Morgan fingerprint density at radius 2 is 1.25 bits per heavy atom. The summed E-state index contributed by atoms with van der Waals surface area (Å²) in [5.74, 6) is 0. The fraction of sp³-hybridized carbons (Fsp3) is 1.00. The molecule has 0 saturated carbocycles. The Labute approximate surface area is 100 Å². The summed E-state index contributed by atoms with van der Waals surface area (Å²) in [6.45, 7) is 9.01. The van der Waals surface area contributed by atoms with Gasteiger partial charge in [0.25, 0.3) is 0 Å². The first-order valence-corrected chi connectivity index (χ1v) is 6.46. The van der Waals surface area contributed by atoms with E-state index < -0.39 is 0 Å². The normalized spacial score (nSPS) is 14.2. The van der Waals surface area contributed by atoms with Crippen LogP contribution >= 0.6 is 0 Å². The molecular weight excluding hydrogens is 204 g/mol. The molecule has 0 aliphatic carbocycles.